The lowest BCUT2D eigenvalue weighted by molar-refractivity contribution is 0.205. The molecule has 0 amide bonds. The predicted octanol–water partition coefficient (Wildman–Crippen LogP) is 4.21. The van der Waals surface area contributed by atoms with Gasteiger partial charge in [-0.15, -0.1) is 24.0 Å². The van der Waals surface area contributed by atoms with Gasteiger partial charge in [0.15, 0.2) is 5.96 Å². The molecule has 0 aliphatic rings. The van der Waals surface area contributed by atoms with Crippen molar-refractivity contribution in [1.29, 1.82) is 0 Å². The molecule has 2 rings (SSSR count). The van der Waals surface area contributed by atoms with Gasteiger partial charge in [0.05, 0.1) is 19.3 Å². The van der Waals surface area contributed by atoms with Gasteiger partial charge in [0, 0.05) is 0 Å². The molecule has 1 atom stereocenters. The summed E-state index contributed by atoms with van der Waals surface area (Å²) in [5.41, 5.74) is 7.93. The minimum absolute atomic E-state index is 0. The molecule has 0 aromatic heterocycles. The molecule has 0 bridgehead atoms. The van der Waals surface area contributed by atoms with Crippen LogP contribution in [-0.4, -0.2) is 25.7 Å². The highest BCUT2D eigenvalue weighted by atomic mass is 127. The van der Waals surface area contributed by atoms with Crippen molar-refractivity contribution in [1.82, 2.24) is 0 Å². The molecule has 136 valence electrons. The fourth-order valence-electron chi connectivity index (χ4n) is 2.26. The van der Waals surface area contributed by atoms with Crippen LogP contribution in [0.5, 0.6) is 11.5 Å². The van der Waals surface area contributed by atoms with Crippen molar-refractivity contribution < 1.29 is 9.47 Å². The number of aryl methyl sites for hydroxylation is 1. The van der Waals surface area contributed by atoms with E-state index in [1.165, 1.54) is 5.56 Å². The summed E-state index contributed by atoms with van der Waals surface area (Å²) in [7, 11) is 1.62. The monoisotopic (exact) mass is 455 g/mol. The maximum Gasteiger partial charge on any atom is 0.193 e. The van der Waals surface area contributed by atoms with Gasteiger partial charge in [-0.1, -0.05) is 31.2 Å². The van der Waals surface area contributed by atoms with E-state index in [1.54, 1.807) is 7.11 Å². The Morgan fingerprint density at radius 1 is 1.20 bits per heavy atom. The Kier molecular flexibility index (Phi) is 9.12. The molecule has 0 spiro atoms. The first-order valence-corrected chi connectivity index (χ1v) is 8.05. The van der Waals surface area contributed by atoms with E-state index in [1.807, 2.05) is 55.5 Å². The second-order valence-corrected chi connectivity index (χ2v) is 5.52. The highest BCUT2D eigenvalue weighted by Crippen LogP contribution is 2.22. The number of nitrogens with two attached hydrogens (primary N) is 1. The number of aliphatic imine (C=N–C) groups is 1. The first kappa shape index (κ1) is 21.1. The molecule has 25 heavy (non-hydrogen) atoms. The van der Waals surface area contributed by atoms with Gasteiger partial charge in [-0.25, -0.2) is 4.99 Å². The smallest absolute Gasteiger partial charge is 0.193 e. The first-order chi connectivity index (χ1) is 11.6. The van der Waals surface area contributed by atoms with Crippen molar-refractivity contribution >= 4 is 35.6 Å². The standard InChI is InChI=1S/C19H25N3O2.HI/c1-4-15(24-16-9-7-8-14(2)12-16)13-21-19(20)22-17-10-5-6-11-18(17)23-3;/h5-12,15H,4,13H2,1-3H3,(H3,20,21,22);1H. The predicted molar refractivity (Wildman–Crippen MR) is 114 cm³/mol. The highest BCUT2D eigenvalue weighted by Gasteiger charge is 2.09. The molecule has 5 nitrogen and oxygen atoms in total. The van der Waals surface area contributed by atoms with Gasteiger partial charge in [-0.05, 0) is 43.2 Å². The van der Waals surface area contributed by atoms with E-state index in [-0.39, 0.29) is 30.1 Å². The fourth-order valence-corrected chi connectivity index (χ4v) is 2.26. The Morgan fingerprint density at radius 3 is 2.64 bits per heavy atom. The second kappa shape index (κ2) is 10.8. The number of nitrogens with one attached hydrogen (secondary N) is 1. The van der Waals surface area contributed by atoms with Crippen LogP contribution in [0.1, 0.15) is 18.9 Å². The molecule has 0 saturated heterocycles. The summed E-state index contributed by atoms with van der Waals surface area (Å²) in [6.07, 6.45) is 0.823. The Morgan fingerprint density at radius 2 is 1.96 bits per heavy atom. The Balaban J connectivity index is 0.00000312. The molecule has 2 aromatic carbocycles. The maximum absolute atomic E-state index is 5.98. The van der Waals surface area contributed by atoms with Gasteiger partial charge in [-0.2, -0.15) is 0 Å². The third kappa shape index (κ3) is 6.81. The van der Waals surface area contributed by atoms with Crippen LogP contribution in [0.15, 0.2) is 53.5 Å². The van der Waals surface area contributed by atoms with Crippen molar-refractivity contribution in [2.75, 3.05) is 19.0 Å². The number of halogens is 1. The molecule has 0 aliphatic heterocycles. The van der Waals surface area contributed by atoms with Crippen LogP contribution in [0.3, 0.4) is 0 Å². The largest absolute Gasteiger partial charge is 0.495 e. The average Bonchev–Trinajstić information content (AvgIpc) is 2.59. The number of benzene rings is 2. The third-order valence-electron chi connectivity index (χ3n) is 3.58. The quantitative estimate of drug-likeness (QED) is 0.373. The number of methoxy groups -OCH3 is 1. The van der Waals surface area contributed by atoms with Gasteiger partial charge in [0.1, 0.15) is 17.6 Å². The van der Waals surface area contributed by atoms with Gasteiger partial charge in [-0.3, -0.25) is 0 Å². The first-order valence-electron chi connectivity index (χ1n) is 8.05. The van der Waals surface area contributed by atoms with Crippen LogP contribution < -0.4 is 20.5 Å². The van der Waals surface area contributed by atoms with Gasteiger partial charge in [0.2, 0.25) is 0 Å². The van der Waals surface area contributed by atoms with Crippen LogP contribution in [0.4, 0.5) is 5.69 Å². The molecule has 0 fully saturated rings. The van der Waals surface area contributed by atoms with Crippen LogP contribution >= 0.6 is 24.0 Å². The molecule has 3 N–H and O–H groups in total. The van der Waals surface area contributed by atoms with Crippen molar-refractivity contribution in [3.8, 4) is 11.5 Å². The third-order valence-corrected chi connectivity index (χ3v) is 3.58. The Labute approximate surface area is 166 Å². The highest BCUT2D eigenvalue weighted by molar-refractivity contribution is 14.0. The van der Waals surface area contributed by atoms with Gasteiger partial charge in [0.25, 0.3) is 0 Å². The molecule has 0 heterocycles. The summed E-state index contributed by atoms with van der Waals surface area (Å²) in [4.78, 5) is 4.39. The molecular formula is C19H26IN3O2. The van der Waals surface area contributed by atoms with Crippen LogP contribution in [0.25, 0.3) is 0 Å². The SMILES string of the molecule is CCC(CN=C(N)Nc1ccccc1OC)Oc1cccc(C)c1.I. The van der Waals surface area contributed by atoms with Crippen LogP contribution in [0.2, 0.25) is 0 Å². The summed E-state index contributed by atoms with van der Waals surface area (Å²) in [6, 6.07) is 15.6. The summed E-state index contributed by atoms with van der Waals surface area (Å²) in [5, 5.41) is 3.06. The summed E-state index contributed by atoms with van der Waals surface area (Å²) >= 11 is 0. The van der Waals surface area contributed by atoms with E-state index in [2.05, 4.69) is 17.2 Å². The molecule has 1 unspecified atom stereocenters. The lowest BCUT2D eigenvalue weighted by Crippen LogP contribution is -2.26. The Bertz CT molecular complexity index is 692. The number of hydrogen-bond acceptors (Lipinski definition) is 3. The normalized spacial score (nSPS) is 12.0. The number of ether oxygens (including phenoxy) is 2. The van der Waals surface area contributed by atoms with Crippen molar-refractivity contribution in [3.63, 3.8) is 0 Å². The maximum atomic E-state index is 5.98. The van der Waals surface area contributed by atoms with Crippen LogP contribution in [-0.2, 0) is 0 Å². The van der Waals surface area contributed by atoms with E-state index in [4.69, 9.17) is 15.2 Å². The van der Waals surface area contributed by atoms with E-state index in [0.29, 0.717) is 12.5 Å². The van der Waals surface area contributed by atoms with E-state index < -0.39 is 0 Å². The van der Waals surface area contributed by atoms with E-state index in [0.717, 1.165) is 23.6 Å². The number of hydrogen-bond donors (Lipinski definition) is 2. The van der Waals surface area contributed by atoms with E-state index in [9.17, 15) is 0 Å². The van der Waals surface area contributed by atoms with Gasteiger partial charge < -0.3 is 20.5 Å². The van der Waals surface area contributed by atoms with Crippen molar-refractivity contribution in [2.45, 2.75) is 26.4 Å². The van der Waals surface area contributed by atoms with E-state index >= 15 is 0 Å². The van der Waals surface area contributed by atoms with Crippen molar-refractivity contribution in [2.24, 2.45) is 10.7 Å². The zero-order valence-corrected chi connectivity index (χ0v) is 17.2. The summed E-state index contributed by atoms with van der Waals surface area (Å²) < 4.78 is 11.3. The number of nitrogens with zero attached hydrogens (tertiary/aromatic N) is 1. The minimum Gasteiger partial charge on any atom is -0.495 e. The number of guanidine groups is 1. The van der Waals surface area contributed by atoms with Crippen molar-refractivity contribution in [3.05, 3.63) is 54.1 Å². The lowest BCUT2D eigenvalue weighted by Gasteiger charge is -2.16. The zero-order valence-electron chi connectivity index (χ0n) is 14.9. The zero-order chi connectivity index (χ0) is 17.4. The summed E-state index contributed by atoms with van der Waals surface area (Å²) in [6.45, 7) is 4.60. The molecular weight excluding hydrogens is 429 g/mol. The molecule has 0 radical (unpaired) electrons. The van der Waals surface area contributed by atoms with Crippen LogP contribution in [0, 0.1) is 6.92 Å². The molecule has 6 heteroatoms. The van der Waals surface area contributed by atoms with Gasteiger partial charge >= 0.3 is 0 Å². The number of anilines is 1. The molecule has 2 aromatic rings. The minimum atomic E-state index is -0.0233. The average molecular weight is 455 g/mol. The Hall–Kier alpha value is -1.96. The number of rotatable bonds is 7. The molecule has 0 aliphatic carbocycles. The molecule has 0 saturated carbocycles. The lowest BCUT2D eigenvalue weighted by atomic mass is 10.2. The topological polar surface area (TPSA) is 68.9 Å². The summed E-state index contributed by atoms with van der Waals surface area (Å²) in [5.74, 6) is 1.91. The fraction of sp³-hybridized carbons (Fsp3) is 0.316. The number of para-hydroxylation sites is 2. The second-order valence-electron chi connectivity index (χ2n) is 5.52.